The van der Waals surface area contributed by atoms with Crippen molar-refractivity contribution in [2.24, 2.45) is 0 Å². The Hall–Kier alpha value is -2.79. The molecule has 1 saturated heterocycles. The minimum atomic E-state index is -0.00438. The van der Waals surface area contributed by atoms with Gasteiger partial charge in [0.2, 0.25) is 0 Å². The van der Waals surface area contributed by atoms with Crippen LogP contribution < -0.4 is 5.69 Å². The third-order valence-corrected chi connectivity index (χ3v) is 7.08. The number of likely N-dealkylation sites (tertiary alicyclic amines) is 1. The molecule has 3 aromatic carbocycles. The fraction of sp³-hybridized carbons (Fsp3) is 0.250. The first-order valence-corrected chi connectivity index (χ1v) is 12.5. The molecule has 4 nitrogen and oxygen atoms in total. The van der Waals surface area contributed by atoms with Gasteiger partial charge in [-0.15, -0.1) is 0 Å². The summed E-state index contributed by atoms with van der Waals surface area (Å²) in [5, 5.41) is 1.44. The second-order valence-corrected chi connectivity index (χ2v) is 9.69. The number of hydrogen-bond acceptors (Lipinski definition) is 2. The number of benzene rings is 3. The van der Waals surface area contributed by atoms with E-state index in [1.165, 1.54) is 0 Å². The number of imidazole rings is 1. The van der Waals surface area contributed by atoms with E-state index in [1.807, 2.05) is 65.2 Å². The number of fused-ring (bicyclic) bond motifs is 1. The van der Waals surface area contributed by atoms with Gasteiger partial charge in [-0.05, 0) is 72.4 Å². The maximum absolute atomic E-state index is 12.6. The molecule has 6 heteroatoms. The second kappa shape index (κ2) is 10.2. The fourth-order valence-corrected chi connectivity index (χ4v) is 5.32. The molecule has 4 aromatic rings. The van der Waals surface area contributed by atoms with Crippen LogP contribution in [0.25, 0.3) is 16.6 Å². The van der Waals surface area contributed by atoms with Gasteiger partial charge in [0.15, 0.2) is 0 Å². The molecule has 1 aromatic heterocycles. The number of piperidine rings is 1. The Morgan fingerprint density at radius 1 is 0.912 bits per heavy atom. The van der Waals surface area contributed by atoms with Crippen LogP contribution in [0.1, 0.15) is 36.4 Å². The Balaban J connectivity index is 1.27. The molecule has 2 heterocycles. The maximum atomic E-state index is 12.6. The maximum Gasteiger partial charge on any atom is 0.326 e. The predicted molar refractivity (Wildman–Crippen MR) is 142 cm³/mol. The summed E-state index contributed by atoms with van der Waals surface area (Å²) in [6.45, 7) is 2.93. The van der Waals surface area contributed by atoms with Gasteiger partial charge in [0.05, 0.1) is 11.0 Å². The van der Waals surface area contributed by atoms with E-state index in [0.717, 1.165) is 76.7 Å². The molecule has 0 aliphatic carbocycles. The zero-order valence-electron chi connectivity index (χ0n) is 18.9. The standard InChI is InChI=1S/C28H27Cl2N3O/c29-22-8-3-6-20(18-22)25(21-7-4-9-23(30)19-21)10-5-15-32-16-13-24(14-17-32)33-27-12-2-1-11-26(27)31-28(33)34/h1-4,6-12,18-19,24H,5,13-17H2,(H,31,34). The summed E-state index contributed by atoms with van der Waals surface area (Å²) in [6.07, 6.45) is 5.15. The number of aromatic amines is 1. The van der Waals surface area contributed by atoms with Gasteiger partial charge in [0.1, 0.15) is 0 Å². The Labute approximate surface area is 209 Å². The van der Waals surface area contributed by atoms with E-state index >= 15 is 0 Å². The summed E-state index contributed by atoms with van der Waals surface area (Å²) >= 11 is 12.6. The summed E-state index contributed by atoms with van der Waals surface area (Å²) in [4.78, 5) is 18.0. The van der Waals surface area contributed by atoms with Gasteiger partial charge in [-0.1, -0.05) is 65.7 Å². The van der Waals surface area contributed by atoms with Crippen molar-refractivity contribution < 1.29 is 0 Å². The Morgan fingerprint density at radius 2 is 1.56 bits per heavy atom. The number of H-pyrrole nitrogens is 1. The van der Waals surface area contributed by atoms with E-state index < -0.39 is 0 Å². The van der Waals surface area contributed by atoms with Gasteiger partial charge in [-0.25, -0.2) is 4.79 Å². The summed E-state index contributed by atoms with van der Waals surface area (Å²) < 4.78 is 1.95. The first kappa shape index (κ1) is 23.0. The lowest BCUT2D eigenvalue weighted by atomic mass is 9.96. The minimum Gasteiger partial charge on any atom is -0.306 e. The van der Waals surface area contributed by atoms with Crippen LogP contribution in [0, 0.1) is 0 Å². The van der Waals surface area contributed by atoms with Crippen molar-refractivity contribution in [1.82, 2.24) is 14.5 Å². The predicted octanol–water partition coefficient (Wildman–Crippen LogP) is 6.80. The van der Waals surface area contributed by atoms with Gasteiger partial charge < -0.3 is 9.88 Å². The molecule has 174 valence electrons. The molecule has 0 unspecified atom stereocenters. The SMILES string of the molecule is O=c1[nH]c2ccccc2n1C1CCN(CCC=C(c2cccc(Cl)c2)c2cccc(Cl)c2)CC1. The van der Waals surface area contributed by atoms with Crippen LogP contribution in [0.3, 0.4) is 0 Å². The Bertz CT molecular complexity index is 1330. The molecule has 0 amide bonds. The topological polar surface area (TPSA) is 41.0 Å². The van der Waals surface area contributed by atoms with E-state index in [4.69, 9.17) is 23.2 Å². The monoisotopic (exact) mass is 491 g/mol. The molecule has 1 aliphatic rings. The largest absolute Gasteiger partial charge is 0.326 e. The minimum absolute atomic E-state index is 0.00438. The molecule has 0 radical (unpaired) electrons. The second-order valence-electron chi connectivity index (χ2n) is 8.82. The first-order chi connectivity index (χ1) is 16.6. The molecular weight excluding hydrogens is 465 g/mol. The number of nitrogens with zero attached hydrogens (tertiary/aromatic N) is 2. The average Bonchev–Trinajstić information content (AvgIpc) is 3.18. The average molecular weight is 492 g/mol. The highest BCUT2D eigenvalue weighted by atomic mass is 35.5. The number of hydrogen-bond donors (Lipinski definition) is 1. The number of nitrogens with one attached hydrogen (secondary N) is 1. The van der Waals surface area contributed by atoms with Crippen molar-refractivity contribution >= 4 is 39.8 Å². The summed E-state index contributed by atoms with van der Waals surface area (Å²) in [6, 6.07) is 24.1. The van der Waals surface area contributed by atoms with E-state index in [1.54, 1.807) is 0 Å². The summed E-state index contributed by atoms with van der Waals surface area (Å²) in [7, 11) is 0. The molecule has 0 bridgehead atoms. The highest BCUT2D eigenvalue weighted by molar-refractivity contribution is 6.31. The Kier molecular flexibility index (Phi) is 6.91. The molecule has 0 saturated carbocycles. The lowest BCUT2D eigenvalue weighted by Gasteiger charge is -2.32. The van der Waals surface area contributed by atoms with E-state index in [0.29, 0.717) is 0 Å². The molecule has 5 rings (SSSR count). The molecular formula is C28H27Cl2N3O. The molecule has 0 atom stereocenters. The smallest absolute Gasteiger partial charge is 0.306 e. The van der Waals surface area contributed by atoms with Crippen LogP contribution in [0.2, 0.25) is 10.0 Å². The van der Waals surface area contributed by atoms with Crippen LogP contribution in [0.4, 0.5) is 0 Å². The van der Waals surface area contributed by atoms with Gasteiger partial charge in [-0.3, -0.25) is 4.57 Å². The van der Waals surface area contributed by atoms with E-state index in [2.05, 4.69) is 28.1 Å². The molecule has 1 aliphatic heterocycles. The number of rotatable bonds is 6. The molecule has 0 spiro atoms. The van der Waals surface area contributed by atoms with Crippen molar-refractivity contribution in [3.05, 3.63) is 111 Å². The van der Waals surface area contributed by atoms with Gasteiger partial charge in [0, 0.05) is 35.7 Å². The van der Waals surface area contributed by atoms with Crippen LogP contribution in [-0.4, -0.2) is 34.1 Å². The molecule has 1 N–H and O–H groups in total. The van der Waals surface area contributed by atoms with Crippen molar-refractivity contribution in [3.63, 3.8) is 0 Å². The van der Waals surface area contributed by atoms with Gasteiger partial charge >= 0.3 is 5.69 Å². The third-order valence-electron chi connectivity index (χ3n) is 6.61. The Morgan fingerprint density at radius 3 is 2.21 bits per heavy atom. The van der Waals surface area contributed by atoms with Gasteiger partial charge in [0.25, 0.3) is 0 Å². The fourth-order valence-electron chi connectivity index (χ4n) is 4.94. The van der Waals surface area contributed by atoms with Crippen LogP contribution in [0.5, 0.6) is 0 Å². The number of halogens is 2. The van der Waals surface area contributed by atoms with E-state index in [-0.39, 0.29) is 11.7 Å². The lowest BCUT2D eigenvalue weighted by molar-refractivity contribution is 0.189. The van der Waals surface area contributed by atoms with Crippen LogP contribution >= 0.6 is 23.2 Å². The zero-order valence-corrected chi connectivity index (χ0v) is 20.4. The number of aromatic nitrogens is 2. The lowest BCUT2D eigenvalue weighted by Crippen LogP contribution is -2.37. The summed E-state index contributed by atoms with van der Waals surface area (Å²) in [5.74, 6) is 0. The van der Waals surface area contributed by atoms with Crippen molar-refractivity contribution in [1.29, 1.82) is 0 Å². The number of para-hydroxylation sites is 2. The third kappa shape index (κ3) is 5.00. The van der Waals surface area contributed by atoms with Crippen LogP contribution in [-0.2, 0) is 0 Å². The summed E-state index contributed by atoms with van der Waals surface area (Å²) in [5.41, 5.74) is 5.23. The first-order valence-electron chi connectivity index (χ1n) is 11.7. The van der Waals surface area contributed by atoms with E-state index in [9.17, 15) is 4.79 Å². The van der Waals surface area contributed by atoms with Crippen molar-refractivity contribution in [2.75, 3.05) is 19.6 Å². The quantitative estimate of drug-likeness (QED) is 0.322. The molecule has 1 fully saturated rings. The van der Waals surface area contributed by atoms with Gasteiger partial charge in [-0.2, -0.15) is 0 Å². The van der Waals surface area contributed by atoms with Crippen molar-refractivity contribution in [2.45, 2.75) is 25.3 Å². The molecule has 34 heavy (non-hydrogen) atoms. The zero-order chi connectivity index (χ0) is 23.5. The highest BCUT2D eigenvalue weighted by Gasteiger charge is 2.23. The normalized spacial score (nSPS) is 15.0. The van der Waals surface area contributed by atoms with Crippen molar-refractivity contribution in [3.8, 4) is 0 Å². The highest BCUT2D eigenvalue weighted by Crippen LogP contribution is 2.29. The van der Waals surface area contributed by atoms with Crippen LogP contribution in [0.15, 0.2) is 83.7 Å².